The van der Waals surface area contributed by atoms with E-state index in [-0.39, 0.29) is 6.04 Å². The summed E-state index contributed by atoms with van der Waals surface area (Å²) in [6.07, 6.45) is 3.94. The lowest BCUT2D eigenvalue weighted by Crippen LogP contribution is -2.26. The predicted molar refractivity (Wildman–Crippen MR) is 81.9 cm³/mol. The van der Waals surface area contributed by atoms with Crippen LogP contribution in [0, 0.1) is 4.77 Å². The Bertz CT molecular complexity index is 647. The van der Waals surface area contributed by atoms with Crippen LogP contribution in [0.15, 0.2) is 30.5 Å². The van der Waals surface area contributed by atoms with Crippen molar-refractivity contribution in [3.05, 3.63) is 46.5 Å². The lowest BCUT2D eigenvalue weighted by atomic mass is 10.0. The van der Waals surface area contributed by atoms with E-state index in [1.165, 1.54) is 11.3 Å². The zero-order valence-electron chi connectivity index (χ0n) is 11.6. The van der Waals surface area contributed by atoms with Gasteiger partial charge in [0.1, 0.15) is 12.4 Å². The lowest BCUT2D eigenvalue weighted by Gasteiger charge is -2.27. The Balaban J connectivity index is 1.88. The highest BCUT2D eigenvalue weighted by atomic mass is 32.1. The second kappa shape index (κ2) is 5.81. The van der Waals surface area contributed by atoms with Gasteiger partial charge in [0.2, 0.25) is 0 Å². The second-order valence-corrected chi connectivity index (χ2v) is 5.47. The van der Waals surface area contributed by atoms with Crippen molar-refractivity contribution in [1.29, 1.82) is 0 Å². The monoisotopic (exact) mass is 289 g/mol. The van der Waals surface area contributed by atoms with Gasteiger partial charge in [-0.1, -0.05) is 18.2 Å². The number of imidazole rings is 1. The van der Waals surface area contributed by atoms with Crippen LogP contribution in [-0.4, -0.2) is 29.8 Å². The highest BCUT2D eigenvalue weighted by molar-refractivity contribution is 7.71. The fourth-order valence-electron chi connectivity index (χ4n) is 2.74. The van der Waals surface area contributed by atoms with Gasteiger partial charge >= 0.3 is 0 Å². The first kappa shape index (κ1) is 13.4. The molecule has 1 aromatic heterocycles. The molecule has 0 saturated carbocycles. The van der Waals surface area contributed by atoms with Crippen molar-refractivity contribution in [1.82, 2.24) is 14.9 Å². The molecular formula is C15H19N3OS. The van der Waals surface area contributed by atoms with Crippen molar-refractivity contribution >= 4 is 12.2 Å². The number of fused-ring (bicyclic) bond motifs is 1. The molecule has 0 unspecified atom stereocenters. The quantitative estimate of drug-likeness (QED) is 0.850. The van der Waals surface area contributed by atoms with Gasteiger partial charge in [-0.05, 0) is 30.9 Å². The third-order valence-electron chi connectivity index (χ3n) is 3.75. The number of ether oxygens (including phenoxy) is 1. The molecule has 2 aromatic rings. The van der Waals surface area contributed by atoms with E-state index in [1.54, 1.807) is 0 Å². The maximum absolute atomic E-state index is 5.88. The van der Waals surface area contributed by atoms with E-state index in [1.807, 2.05) is 25.4 Å². The van der Waals surface area contributed by atoms with Crippen LogP contribution in [0.1, 0.15) is 17.3 Å². The number of aromatic amines is 1. The zero-order chi connectivity index (χ0) is 13.9. The Labute approximate surface area is 123 Å². The molecule has 5 heteroatoms. The highest BCUT2D eigenvalue weighted by Crippen LogP contribution is 2.30. The summed E-state index contributed by atoms with van der Waals surface area (Å²) in [5, 5.41) is 3.18. The predicted octanol–water partition coefficient (Wildman–Crippen LogP) is 2.48. The molecule has 1 aliphatic rings. The molecule has 4 nitrogen and oxygen atoms in total. The molecule has 20 heavy (non-hydrogen) atoms. The van der Waals surface area contributed by atoms with Crippen LogP contribution in [0.3, 0.4) is 0 Å². The molecule has 106 valence electrons. The average molecular weight is 289 g/mol. The number of benzene rings is 1. The first-order chi connectivity index (χ1) is 9.79. The third kappa shape index (κ3) is 2.51. The maximum Gasteiger partial charge on any atom is 0.177 e. The molecule has 0 fully saturated rings. The fraction of sp³-hybridized carbons (Fsp3) is 0.400. The van der Waals surface area contributed by atoms with Crippen LogP contribution in [0.5, 0.6) is 5.75 Å². The zero-order valence-corrected chi connectivity index (χ0v) is 12.4. The smallest absolute Gasteiger partial charge is 0.177 e. The Morgan fingerprint density at radius 3 is 3.15 bits per heavy atom. The van der Waals surface area contributed by atoms with Gasteiger partial charge in [0.05, 0.1) is 6.04 Å². The Morgan fingerprint density at radius 1 is 1.45 bits per heavy atom. The summed E-state index contributed by atoms with van der Waals surface area (Å²) in [5.74, 6) is 1.00. The summed E-state index contributed by atoms with van der Waals surface area (Å²) in [6.45, 7) is 1.62. The molecular weight excluding hydrogens is 270 g/mol. The minimum atomic E-state index is 0.274. The van der Waals surface area contributed by atoms with Crippen LogP contribution in [0.4, 0.5) is 0 Å². The average Bonchev–Trinajstić information content (AvgIpc) is 2.85. The Hall–Kier alpha value is -1.59. The fourth-order valence-corrected chi connectivity index (χ4v) is 3.06. The lowest BCUT2D eigenvalue weighted by molar-refractivity contribution is 0.220. The number of rotatable bonds is 4. The molecule has 2 heterocycles. The summed E-state index contributed by atoms with van der Waals surface area (Å²) in [4.78, 5) is 3.16. The van der Waals surface area contributed by atoms with Gasteiger partial charge in [-0.15, -0.1) is 0 Å². The molecule has 0 radical (unpaired) electrons. The van der Waals surface area contributed by atoms with Crippen LogP contribution in [0.25, 0.3) is 0 Å². The van der Waals surface area contributed by atoms with E-state index in [0.29, 0.717) is 6.61 Å². The van der Waals surface area contributed by atoms with Crippen LogP contribution >= 0.6 is 12.2 Å². The summed E-state index contributed by atoms with van der Waals surface area (Å²) in [7, 11) is 1.96. The first-order valence-electron chi connectivity index (χ1n) is 6.93. The van der Waals surface area contributed by atoms with E-state index < -0.39 is 0 Å². The van der Waals surface area contributed by atoms with Gasteiger partial charge in [0.15, 0.2) is 4.77 Å². The molecule has 0 saturated heterocycles. The SMILES string of the molecule is CNCCc1c[nH]c(=S)n1[C@@H]1COc2ccccc2C1. The Morgan fingerprint density at radius 2 is 2.30 bits per heavy atom. The molecule has 0 aliphatic carbocycles. The van der Waals surface area contributed by atoms with Crippen molar-refractivity contribution in [2.24, 2.45) is 0 Å². The van der Waals surface area contributed by atoms with Crippen LogP contribution in [0.2, 0.25) is 0 Å². The summed E-state index contributed by atoms with van der Waals surface area (Å²) < 4.78 is 8.87. The molecule has 1 atom stereocenters. The van der Waals surface area contributed by atoms with Gasteiger partial charge in [-0.25, -0.2) is 0 Å². The van der Waals surface area contributed by atoms with E-state index >= 15 is 0 Å². The highest BCUT2D eigenvalue weighted by Gasteiger charge is 2.23. The van der Waals surface area contributed by atoms with Crippen molar-refractivity contribution < 1.29 is 4.74 Å². The molecule has 1 aliphatic heterocycles. The van der Waals surface area contributed by atoms with Gasteiger partial charge in [0.25, 0.3) is 0 Å². The number of para-hydroxylation sites is 1. The standard InChI is InChI=1S/C15H19N3OS/c1-16-7-6-12-9-17-15(20)18(12)13-8-11-4-2-3-5-14(11)19-10-13/h2-5,9,13,16H,6-8,10H2,1H3,(H,17,20)/t13-/m0/s1. The summed E-state index contributed by atoms with van der Waals surface area (Å²) in [5.41, 5.74) is 2.49. The van der Waals surface area contributed by atoms with Crippen LogP contribution < -0.4 is 10.1 Å². The summed E-state index contributed by atoms with van der Waals surface area (Å²) in [6, 6.07) is 8.51. The van der Waals surface area contributed by atoms with Gasteiger partial charge in [-0.2, -0.15) is 0 Å². The van der Waals surface area contributed by atoms with Crippen molar-refractivity contribution in [3.63, 3.8) is 0 Å². The van der Waals surface area contributed by atoms with Crippen molar-refractivity contribution in [2.45, 2.75) is 18.9 Å². The number of H-pyrrole nitrogens is 1. The normalized spacial score (nSPS) is 17.6. The third-order valence-corrected chi connectivity index (χ3v) is 4.06. The molecule has 0 bridgehead atoms. The molecule has 2 N–H and O–H groups in total. The minimum Gasteiger partial charge on any atom is -0.491 e. The number of hydrogen-bond donors (Lipinski definition) is 2. The van der Waals surface area contributed by atoms with Crippen molar-refractivity contribution in [3.8, 4) is 5.75 Å². The number of hydrogen-bond acceptors (Lipinski definition) is 3. The van der Waals surface area contributed by atoms with E-state index in [2.05, 4.69) is 27.0 Å². The molecule has 3 rings (SSSR count). The van der Waals surface area contributed by atoms with E-state index in [4.69, 9.17) is 17.0 Å². The largest absolute Gasteiger partial charge is 0.491 e. The minimum absolute atomic E-state index is 0.274. The van der Waals surface area contributed by atoms with E-state index in [9.17, 15) is 0 Å². The molecule has 0 spiro atoms. The number of aromatic nitrogens is 2. The Kier molecular flexibility index (Phi) is 3.89. The van der Waals surface area contributed by atoms with Gasteiger partial charge < -0.3 is 19.6 Å². The van der Waals surface area contributed by atoms with E-state index in [0.717, 1.165) is 29.9 Å². The number of likely N-dealkylation sites (N-methyl/N-ethyl adjacent to an activating group) is 1. The first-order valence-corrected chi connectivity index (χ1v) is 7.34. The topological polar surface area (TPSA) is 42.0 Å². The maximum atomic E-state index is 5.88. The molecule has 0 amide bonds. The van der Waals surface area contributed by atoms with Crippen LogP contribution in [-0.2, 0) is 12.8 Å². The summed E-state index contributed by atoms with van der Waals surface area (Å²) >= 11 is 5.43. The molecule has 1 aromatic carbocycles. The van der Waals surface area contributed by atoms with Gasteiger partial charge in [-0.3, -0.25) is 0 Å². The number of nitrogens with zero attached hydrogens (tertiary/aromatic N) is 1. The second-order valence-electron chi connectivity index (χ2n) is 5.09. The van der Waals surface area contributed by atoms with Gasteiger partial charge in [0, 0.05) is 31.3 Å². The van der Waals surface area contributed by atoms with Crippen molar-refractivity contribution in [2.75, 3.05) is 20.2 Å². The number of nitrogens with one attached hydrogen (secondary N) is 2.